The third-order valence-corrected chi connectivity index (χ3v) is 4.33. The Morgan fingerprint density at radius 3 is 1.28 bits per heavy atom. The van der Waals surface area contributed by atoms with Crippen LogP contribution in [0.3, 0.4) is 0 Å². The summed E-state index contributed by atoms with van der Waals surface area (Å²) in [4.78, 5) is 70.5. The lowest BCUT2D eigenvalue weighted by Crippen LogP contribution is -2.38. The van der Waals surface area contributed by atoms with Crippen LogP contribution in [0.4, 0.5) is 4.79 Å². The Bertz CT molecular complexity index is 943. The molecule has 0 aliphatic carbocycles. The number of carbonyl (C=O) groups excluding carboxylic acids is 5. The normalized spacial score (nSPS) is 14.6. The van der Waals surface area contributed by atoms with Crippen LogP contribution < -0.4 is 0 Å². The molecule has 13 nitrogen and oxygen atoms in total. The Balaban J connectivity index is 2.47. The second kappa shape index (κ2) is 14.3. The van der Waals surface area contributed by atoms with Gasteiger partial charge in [-0.1, -0.05) is 30.3 Å². The summed E-state index contributed by atoms with van der Waals surface area (Å²) in [6.07, 6.45) is -8.94. The topological polar surface area (TPSA) is 178 Å². The molecule has 0 aliphatic heterocycles. The molecule has 1 N–H and O–H groups in total. The van der Waals surface area contributed by atoms with Gasteiger partial charge in [-0.2, -0.15) is 0 Å². The van der Waals surface area contributed by atoms with Gasteiger partial charge in [-0.15, -0.1) is 0 Å². The van der Waals surface area contributed by atoms with E-state index in [9.17, 15) is 28.8 Å². The molecular weight excluding hydrogens is 484 g/mol. The molecule has 1 rings (SSSR count). The smallest absolute Gasteiger partial charge is 0.458 e. The first kappa shape index (κ1) is 29.9. The number of carbonyl (C=O) groups is 6. The molecule has 0 aromatic heterocycles. The Kier molecular flexibility index (Phi) is 11.9. The molecule has 1 aromatic rings. The van der Waals surface area contributed by atoms with Crippen molar-refractivity contribution < 1.29 is 62.3 Å². The van der Waals surface area contributed by atoms with E-state index in [2.05, 4.69) is 4.74 Å². The van der Waals surface area contributed by atoms with E-state index in [1.54, 1.807) is 30.3 Å². The maximum Gasteiger partial charge on any atom is 0.506 e. The van der Waals surface area contributed by atoms with Crippen molar-refractivity contribution in [1.29, 1.82) is 0 Å². The number of rotatable bonds is 12. The molecule has 0 saturated carbocycles. The lowest BCUT2D eigenvalue weighted by atomic mass is 10.2. The molecule has 0 amide bonds. The lowest BCUT2D eigenvalue weighted by Gasteiger charge is -2.20. The number of carboxylic acid groups (broad SMARTS) is 1. The van der Waals surface area contributed by atoms with Gasteiger partial charge in [0, 0.05) is 0 Å². The van der Waals surface area contributed by atoms with E-state index in [1.807, 2.05) is 0 Å². The van der Waals surface area contributed by atoms with Gasteiger partial charge in [-0.3, -0.25) is 0 Å². The van der Waals surface area contributed by atoms with E-state index in [4.69, 9.17) is 28.8 Å². The predicted molar refractivity (Wildman–Crippen MR) is 117 cm³/mol. The highest BCUT2D eigenvalue weighted by molar-refractivity contribution is 5.86. The summed E-state index contributed by atoms with van der Waals surface area (Å²) in [5.41, 5.74) is 0.738. The Labute approximate surface area is 206 Å². The van der Waals surface area contributed by atoms with Crippen LogP contribution in [0, 0.1) is 0 Å². The van der Waals surface area contributed by atoms with Crippen LogP contribution in [0.5, 0.6) is 0 Å². The zero-order chi connectivity index (χ0) is 27.4. The summed E-state index contributed by atoms with van der Waals surface area (Å²) in [5.74, 6) is -5.25. The molecule has 36 heavy (non-hydrogen) atoms. The third-order valence-electron chi connectivity index (χ3n) is 4.33. The SMILES string of the molecule is C[C@H](OC(=O)O)C(=O)O[C@@H](C)C(=O)O[C@@H](C)C(=O)O[C@@H](C)C(=O)O[C@@H](C)C(=O)OCc1ccccc1. The highest BCUT2D eigenvalue weighted by Crippen LogP contribution is 2.08. The minimum Gasteiger partial charge on any atom is -0.458 e. The number of esters is 5. The van der Waals surface area contributed by atoms with Crippen LogP contribution >= 0.6 is 0 Å². The van der Waals surface area contributed by atoms with Crippen LogP contribution in [-0.2, 0) is 59.0 Å². The van der Waals surface area contributed by atoms with Crippen LogP contribution in [0.1, 0.15) is 40.2 Å². The maximum absolute atomic E-state index is 12.2. The van der Waals surface area contributed by atoms with E-state index >= 15 is 0 Å². The van der Waals surface area contributed by atoms with Crippen LogP contribution in [0.2, 0.25) is 0 Å². The fourth-order valence-corrected chi connectivity index (χ4v) is 2.32. The van der Waals surface area contributed by atoms with Crippen molar-refractivity contribution in [3.05, 3.63) is 35.9 Å². The van der Waals surface area contributed by atoms with Crippen molar-refractivity contribution >= 4 is 36.0 Å². The Morgan fingerprint density at radius 2 is 0.917 bits per heavy atom. The largest absolute Gasteiger partial charge is 0.506 e. The zero-order valence-corrected chi connectivity index (χ0v) is 20.3. The molecule has 0 saturated heterocycles. The molecule has 0 radical (unpaired) electrons. The fraction of sp³-hybridized carbons (Fsp3) is 0.478. The summed E-state index contributed by atoms with van der Waals surface area (Å²) in [6.45, 7) is 5.82. The summed E-state index contributed by atoms with van der Waals surface area (Å²) >= 11 is 0. The van der Waals surface area contributed by atoms with E-state index in [0.29, 0.717) is 0 Å². The van der Waals surface area contributed by atoms with Crippen molar-refractivity contribution in [2.24, 2.45) is 0 Å². The summed E-state index contributed by atoms with van der Waals surface area (Å²) in [7, 11) is 0. The fourth-order valence-electron chi connectivity index (χ4n) is 2.32. The van der Waals surface area contributed by atoms with E-state index in [0.717, 1.165) is 26.3 Å². The first-order chi connectivity index (χ1) is 16.8. The van der Waals surface area contributed by atoms with Crippen molar-refractivity contribution in [2.45, 2.75) is 71.7 Å². The highest BCUT2D eigenvalue weighted by Gasteiger charge is 2.31. The quantitative estimate of drug-likeness (QED) is 0.315. The van der Waals surface area contributed by atoms with E-state index < -0.39 is 66.5 Å². The Hall–Kier alpha value is -4.16. The summed E-state index contributed by atoms with van der Waals surface area (Å²) in [6, 6.07) is 8.84. The van der Waals surface area contributed by atoms with Gasteiger partial charge in [-0.25, -0.2) is 28.8 Å². The molecule has 0 fully saturated rings. The maximum atomic E-state index is 12.2. The molecule has 1 aromatic carbocycles. The summed E-state index contributed by atoms with van der Waals surface area (Å²) in [5, 5.41) is 8.48. The van der Waals surface area contributed by atoms with Crippen molar-refractivity contribution in [3.8, 4) is 0 Å². The lowest BCUT2D eigenvalue weighted by molar-refractivity contribution is -0.186. The standard InChI is InChI=1S/C23H28O13/c1-12(18(24)31-11-17-9-7-6-8-10-17)32-19(25)13(2)33-20(26)14(3)34-21(27)15(4)35-22(28)16(5)36-23(29)30/h6-10,12-16H,11H2,1-5H3,(H,29,30)/t12-,13-,14-,15-,16-/m0/s1. The molecule has 5 atom stereocenters. The minimum atomic E-state index is -1.71. The average molecular weight is 512 g/mol. The monoisotopic (exact) mass is 512 g/mol. The number of ether oxygens (including phenoxy) is 6. The average Bonchev–Trinajstić information content (AvgIpc) is 2.82. The van der Waals surface area contributed by atoms with Crippen LogP contribution in [-0.4, -0.2) is 71.6 Å². The second-order valence-corrected chi connectivity index (χ2v) is 7.44. The van der Waals surface area contributed by atoms with Gasteiger partial charge in [0.1, 0.15) is 6.61 Å². The van der Waals surface area contributed by atoms with Gasteiger partial charge in [0.25, 0.3) is 0 Å². The minimum absolute atomic E-state index is 0.0196. The molecule has 13 heteroatoms. The van der Waals surface area contributed by atoms with E-state index in [1.165, 1.54) is 13.8 Å². The molecule has 198 valence electrons. The number of hydrogen-bond acceptors (Lipinski definition) is 12. The van der Waals surface area contributed by atoms with Crippen LogP contribution in [0.25, 0.3) is 0 Å². The first-order valence-electron chi connectivity index (χ1n) is 10.7. The van der Waals surface area contributed by atoms with Crippen molar-refractivity contribution in [1.82, 2.24) is 0 Å². The number of benzene rings is 1. The Morgan fingerprint density at radius 1 is 0.583 bits per heavy atom. The highest BCUT2D eigenvalue weighted by atomic mass is 16.7. The molecule has 0 unspecified atom stereocenters. The molecule has 0 aliphatic rings. The molecule has 0 bridgehead atoms. The van der Waals surface area contributed by atoms with Gasteiger partial charge in [0.15, 0.2) is 30.5 Å². The molecular formula is C23H28O13. The second-order valence-electron chi connectivity index (χ2n) is 7.44. The van der Waals surface area contributed by atoms with E-state index in [-0.39, 0.29) is 6.61 Å². The molecule has 0 heterocycles. The zero-order valence-electron chi connectivity index (χ0n) is 20.3. The predicted octanol–water partition coefficient (Wildman–Crippen LogP) is 1.54. The number of hydrogen-bond donors (Lipinski definition) is 1. The third kappa shape index (κ3) is 10.4. The summed E-state index contributed by atoms with van der Waals surface area (Å²) < 4.78 is 28.7. The van der Waals surface area contributed by atoms with Gasteiger partial charge in [0.2, 0.25) is 0 Å². The van der Waals surface area contributed by atoms with Gasteiger partial charge < -0.3 is 33.5 Å². The van der Waals surface area contributed by atoms with Crippen molar-refractivity contribution in [3.63, 3.8) is 0 Å². The van der Waals surface area contributed by atoms with Gasteiger partial charge in [0.05, 0.1) is 0 Å². The van der Waals surface area contributed by atoms with Gasteiger partial charge >= 0.3 is 36.0 Å². The first-order valence-corrected chi connectivity index (χ1v) is 10.7. The molecule has 0 spiro atoms. The van der Waals surface area contributed by atoms with Crippen LogP contribution in [0.15, 0.2) is 30.3 Å². The van der Waals surface area contributed by atoms with Crippen molar-refractivity contribution in [2.75, 3.05) is 0 Å². The van der Waals surface area contributed by atoms with Gasteiger partial charge in [-0.05, 0) is 40.2 Å².